The molecule has 0 aromatic heterocycles. The van der Waals surface area contributed by atoms with Crippen LogP contribution in [0.25, 0.3) is 0 Å². The van der Waals surface area contributed by atoms with E-state index in [1.807, 2.05) is 0 Å². The first-order valence-electron chi connectivity index (χ1n) is 5.26. The van der Waals surface area contributed by atoms with Gasteiger partial charge >= 0.3 is 0 Å². The topological polar surface area (TPSA) is 12.0 Å². The van der Waals surface area contributed by atoms with Gasteiger partial charge in [0.25, 0.3) is 0 Å². The van der Waals surface area contributed by atoms with Crippen LogP contribution in [0.4, 0.5) is 8.78 Å². The Labute approximate surface area is 88.5 Å². The fraction of sp³-hybridized carbons (Fsp3) is 0.500. The molecular formula is C12H15F2N. The van der Waals surface area contributed by atoms with E-state index in [0.717, 1.165) is 13.0 Å². The van der Waals surface area contributed by atoms with Gasteiger partial charge < -0.3 is 5.32 Å². The molecule has 1 N–H and O–H groups in total. The van der Waals surface area contributed by atoms with Gasteiger partial charge in [-0.05, 0) is 37.6 Å². The van der Waals surface area contributed by atoms with Gasteiger partial charge in [-0.15, -0.1) is 0 Å². The summed E-state index contributed by atoms with van der Waals surface area (Å²) < 4.78 is 27.5. The van der Waals surface area contributed by atoms with Crippen LogP contribution >= 0.6 is 0 Å². The summed E-state index contributed by atoms with van der Waals surface area (Å²) in [4.78, 5) is 0. The number of benzene rings is 1. The summed E-state index contributed by atoms with van der Waals surface area (Å²) in [5.41, 5.74) is -0.998. The second-order valence-electron chi connectivity index (χ2n) is 4.28. The zero-order valence-electron chi connectivity index (χ0n) is 8.76. The van der Waals surface area contributed by atoms with Gasteiger partial charge in [0.05, 0.1) is 0 Å². The van der Waals surface area contributed by atoms with Crippen LogP contribution in [0.1, 0.15) is 18.9 Å². The maximum absolute atomic E-state index is 14.5. The van der Waals surface area contributed by atoms with Gasteiger partial charge in [0.1, 0.15) is 11.5 Å². The van der Waals surface area contributed by atoms with Crippen molar-refractivity contribution in [2.24, 2.45) is 5.92 Å². The van der Waals surface area contributed by atoms with Crippen molar-refractivity contribution in [3.63, 3.8) is 0 Å². The quantitative estimate of drug-likeness (QED) is 0.793. The highest BCUT2D eigenvalue weighted by Crippen LogP contribution is 2.37. The van der Waals surface area contributed by atoms with Gasteiger partial charge in [-0.2, -0.15) is 0 Å². The summed E-state index contributed by atoms with van der Waals surface area (Å²) in [5, 5.41) is 3.13. The van der Waals surface area contributed by atoms with Gasteiger partial charge in [-0.25, -0.2) is 8.78 Å². The standard InChI is InChI=1S/C12H15F2N/c1-12(14,10-5-6-15-8-10)9-3-2-4-11(13)7-9/h2-4,7,10,15H,5-6,8H2,1H3. The summed E-state index contributed by atoms with van der Waals surface area (Å²) in [6.45, 7) is 3.06. The summed E-state index contributed by atoms with van der Waals surface area (Å²) in [7, 11) is 0. The first-order chi connectivity index (χ1) is 7.10. The summed E-state index contributed by atoms with van der Waals surface area (Å²) >= 11 is 0. The fourth-order valence-electron chi connectivity index (χ4n) is 2.15. The lowest BCUT2D eigenvalue weighted by Gasteiger charge is -2.27. The van der Waals surface area contributed by atoms with Gasteiger partial charge in [0, 0.05) is 12.5 Å². The van der Waals surface area contributed by atoms with E-state index in [1.54, 1.807) is 19.1 Å². The van der Waals surface area contributed by atoms with Crippen molar-refractivity contribution in [1.82, 2.24) is 5.32 Å². The van der Waals surface area contributed by atoms with Crippen molar-refractivity contribution in [3.8, 4) is 0 Å². The molecule has 0 amide bonds. The Morgan fingerprint density at radius 3 is 2.87 bits per heavy atom. The number of alkyl halides is 1. The molecule has 1 aromatic carbocycles. The van der Waals surface area contributed by atoms with Gasteiger partial charge in [-0.1, -0.05) is 12.1 Å². The molecule has 2 rings (SSSR count). The van der Waals surface area contributed by atoms with Crippen LogP contribution in [-0.2, 0) is 5.67 Å². The molecule has 2 unspecified atom stereocenters. The van der Waals surface area contributed by atoms with Crippen molar-refractivity contribution in [2.45, 2.75) is 19.0 Å². The molecule has 0 radical (unpaired) electrons. The fourth-order valence-corrected chi connectivity index (χ4v) is 2.15. The maximum atomic E-state index is 14.5. The van der Waals surface area contributed by atoms with Crippen molar-refractivity contribution >= 4 is 0 Å². The van der Waals surface area contributed by atoms with Gasteiger partial charge in [-0.3, -0.25) is 0 Å². The van der Waals surface area contributed by atoms with Crippen LogP contribution in [-0.4, -0.2) is 13.1 Å². The molecule has 1 aliphatic rings. The monoisotopic (exact) mass is 211 g/mol. The third-order valence-corrected chi connectivity index (χ3v) is 3.22. The van der Waals surface area contributed by atoms with Crippen molar-refractivity contribution in [2.75, 3.05) is 13.1 Å². The van der Waals surface area contributed by atoms with Crippen LogP contribution in [0.3, 0.4) is 0 Å². The van der Waals surface area contributed by atoms with Crippen molar-refractivity contribution in [3.05, 3.63) is 35.6 Å². The Morgan fingerprint density at radius 2 is 2.27 bits per heavy atom. The number of hydrogen-bond donors (Lipinski definition) is 1. The highest BCUT2D eigenvalue weighted by molar-refractivity contribution is 5.24. The average Bonchev–Trinajstić information content (AvgIpc) is 2.71. The number of hydrogen-bond acceptors (Lipinski definition) is 1. The Morgan fingerprint density at radius 1 is 1.47 bits per heavy atom. The van der Waals surface area contributed by atoms with E-state index < -0.39 is 5.67 Å². The molecule has 1 heterocycles. The zero-order chi connectivity index (χ0) is 10.9. The van der Waals surface area contributed by atoms with E-state index in [9.17, 15) is 8.78 Å². The lowest BCUT2D eigenvalue weighted by Crippen LogP contribution is -2.29. The second kappa shape index (κ2) is 3.89. The minimum absolute atomic E-state index is 0.0562. The van der Waals surface area contributed by atoms with Gasteiger partial charge in [0.2, 0.25) is 0 Å². The molecule has 0 bridgehead atoms. The van der Waals surface area contributed by atoms with Crippen molar-refractivity contribution < 1.29 is 8.78 Å². The number of halogens is 2. The number of rotatable bonds is 2. The van der Waals surface area contributed by atoms with Crippen LogP contribution in [0, 0.1) is 11.7 Å². The average molecular weight is 211 g/mol. The molecule has 1 saturated heterocycles. The first-order valence-corrected chi connectivity index (χ1v) is 5.26. The predicted octanol–water partition coefficient (Wildman–Crippen LogP) is 2.62. The molecule has 0 aliphatic carbocycles. The van der Waals surface area contributed by atoms with Gasteiger partial charge in [0.15, 0.2) is 0 Å². The predicted molar refractivity (Wildman–Crippen MR) is 55.8 cm³/mol. The molecule has 1 fully saturated rings. The first kappa shape index (κ1) is 10.6. The van der Waals surface area contributed by atoms with Crippen molar-refractivity contribution in [1.29, 1.82) is 0 Å². The van der Waals surface area contributed by atoms with E-state index in [0.29, 0.717) is 12.1 Å². The SMILES string of the molecule is CC(F)(c1cccc(F)c1)C1CCNC1. The zero-order valence-corrected chi connectivity index (χ0v) is 8.76. The normalized spacial score (nSPS) is 25.1. The largest absolute Gasteiger partial charge is 0.316 e. The molecule has 1 nitrogen and oxygen atoms in total. The van der Waals surface area contributed by atoms with E-state index >= 15 is 0 Å². The van der Waals surface area contributed by atoms with Crippen LogP contribution in [0.2, 0.25) is 0 Å². The molecule has 0 saturated carbocycles. The molecule has 1 aliphatic heterocycles. The summed E-state index contributed by atoms with van der Waals surface area (Å²) in [6, 6.07) is 5.84. The Balaban J connectivity index is 2.27. The molecular weight excluding hydrogens is 196 g/mol. The molecule has 3 heteroatoms. The number of nitrogens with one attached hydrogen (secondary N) is 1. The van der Waals surface area contributed by atoms with E-state index in [4.69, 9.17) is 0 Å². The third-order valence-electron chi connectivity index (χ3n) is 3.22. The Hall–Kier alpha value is -0.960. The minimum atomic E-state index is -1.44. The van der Waals surface area contributed by atoms with E-state index in [2.05, 4.69) is 5.32 Å². The van der Waals surface area contributed by atoms with Crippen LogP contribution in [0.5, 0.6) is 0 Å². The Bertz CT molecular complexity index is 343. The molecule has 2 atom stereocenters. The summed E-state index contributed by atoms with van der Waals surface area (Å²) in [6.07, 6.45) is 0.809. The van der Waals surface area contributed by atoms with E-state index in [-0.39, 0.29) is 11.7 Å². The highest BCUT2D eigenvalue weighted by Gasteiger charge is 2.37. The summed E-state index contributed by atoms with van der Waals surface area (Å²) in [5.74, 6) is -0.429. The minimum Gasteiger partial charge on any atom is -0.316 e. The molecule has 82 valence electrons. The molecule has 0 spiro atoms. The maximum Gasteiger partial charge on any atom is 0.137 e. The van der Waals surface area contributed by atoms with Crippen LogP contribution in [0.15, 0.2) is 24.3 Å². The highest BCUT2D eigenvalue weighted by atomic mass is 19.1. The lowest BCUT2D eigenvalue weighted by atomic mass is 9.84. The smallest absolute Gasteiger partial charge is 0.137 e. The second-order valence-corrected chi connectivity index (χ2v) is 4.28. The van der Waals surface area contributed by atoms with E-state index in [1.165, 1.54) is 12.1 Å². The lowest BCUT2D eigenvalue weighted by molar-refractivity contribution is 0.112. The molecule has 15 heavy (non-hydrogen) atoms. The Kier molecular flexibility index (Phi) is 2.74. The third kappa shape index (κ3) is 2.02. The van der Waals surface area contributed by atoms with Crippen LogP contribution < -0.4 is 5.32 Å². The molecule has 1 aromatic rings.